The predicted molar refractivity (Wildman–Crippen MR) is 76.7 cm³/mol. The van der Waals surface area contributed by atoms with Crippen LogP contribution in [0.25, 0.3) is 0 Å². The summed E-state index contributed by atoms with van der Waals surface area (Å²) in [5, 5.41) is 3.87. The second-order valence-electron chi connectivity index (χ2n) is 6.97. The summed E-state index contributed by atoms with van der Waals surface area (Å²) < 4.78 is 0. The van der Waals surface area contributed by atoms with Gasteiger partial charge in [-0.15, -0.1) is 0 Å². The summed E-state index contributed by atoms with van der Waals surface area (Å²) in [4.78, 5) is 2.76. The highest BCUT2D eigenvalue weighted by molar-refractivity contribution is 4.89. The van der Waals surface area contributed by atoms with E-state index in [-0.39, 0.29) is 0 Å². The zero-order valence-corrected chi connectivity index (χ0v) is 12.0. The smallest absolute Gasteiger partial charge is 0.0195 e. The van der Waals surface area contributed by atoms with Crippen molar-refractivity contribution in [3.05, 3.63) is 0 Å². The Balaban J connectivity index is 1.41. The van der Waals surface area contributed by atoms with Crippen LogP contribution in [0.3, 0.4) is 0 Å². The number of likely N-dealkylation sites (tertiary alicyclic amines) is 1. The lowest BCUT2D eigenvalue weighted by Gasteiger charge is -2.37. The lowest BCUT2D eigenvalue weighted by molar-refractivity contribution is 0.131. The average Bonchev–Trinajstić information content (AvgIpc) is 3.13. The largest absolute Gasteiger partial charge is 0.312 e. The molecule has 0 aromatic carbocycles. The SMILES string of the molecule is CC(C1CC1)N1CCCC(NCC2CCCC2)C1. The van der Waals surface area contributed by atoms with Crippen molar-refractivity contribution in [2.24, 2.45) is 11.8 Å². The molecule has 3 aliphatic rings. The Morgan fingerprint density at radius 2 is 1.83 bits per heavy atom. The Hall–Kier alpha value is -0.0800. The number of rotatable bonds is 5. The Morgan fingerprint density at radius 1 is 1.06 bits per heavy atom. The molecular formula is C16H30N2. The van der Waals surface area contributed by atoms with E-state index in [1.54, 1.807) is 0 Å². The summed E-state index contributed by atoms with van der Waals surface area (Å²) in [7, 11) is 0. The second-order valence-corrected chi connectivity index (χ2v) is 6.97. The molecule has 0 amide bonds. The van der Waals surface area contributed by atoms with E-state index in [1.807, 2.05) is 0 Å². The molecule has 1 saturated heterocycles. The molecule has 3 fully saturated rings. The number of nitrogens with one attached hydrogen (secondary N) is 1. The first-order valence-corrected chi connectivity index (χ1v) is 8.30. The highest BCUT2D eigenvalue weighted by Gasteiger charge is 2.34. The number of hydrogen-bond acceptors (Lipinski definition) is 2. The van der Waals surface area contributed by atoms with Gasteiger partial charge in [-0.3, -0.25) is 4.90 Å². The van der Waals surface area contributed by atoms with E-state index in [0.717, 1.165) is 23.9 Å². The van der Waals surface area contributed by atoms with Gasteiger partial charge in [0.25, 0.3) is 0 Å². The predicted octanol–water partition coefficient (Wildman–Crippen LogP) is 3.03. The maximum absolute atomic E-state index is 3.87. The Bertz CT molecular complexity index is 256. The van der Waals surface area contributed by atoms with Crippen molar-refractivity contribution in [2.75, 3.05) is 19.6 Å². The maximum Gasteiger partial charge on any atom is 0.0195 e. The van der Waals surface area contributed by atoms with E-state index in [2.05, 4.69) is 17.1 Å². The quantitative estimate of drug-likeness (QED) is 0.807. The van der Waals surface area contributed by atoms with Crippen molar-refractivity contribution in [2.45, 2.75) is 70.4 Å². The molecule has 18 heavy (non-hydrogen) atoms. The van der Waals surface area contributed by atoms with Gasteiger partial charge in [-0.1, -0.05) is 12.8 Å². The van der Waals surface area contributed by atoms with Crippen LogP contribution >= 0.6 is 0 Å². The van der Waals surface area contributed by atoms with Crippen LogP contribution in [0.5, 0.6) is 0 Å². The van der Waals surface area contributed by atoms with E-state index in [9.17, 15) is 0 Å². The van der Waals surface area contributed by atoms with Crippen molar-refractivity contribution < 1.29 is 0 Å². The van der Waals surface area contributed by atoms with Crippen LogP contribution in [0, 0.1) is 11.8 Å². The topological polar surface area (TPSA) is 15.3 Å². The summed E-state index contributed by atoms with van der Waals surface area (Å²) in [5.74, 6) is 2.01. The van der Waals surface area contributed by atoms with Gasteiger partial charge in [-0.2, -0.15) is 0 Å². The van der Waals surface area contributed by atoms with Crippen molar-refractivity contribution >= 4 is 0 Å². The van der Waals surface area contributed by atoms with Gasteiger partial charge in [-0.25, -0.2) is 0 Å². The van der Waals surface area contributed by atoms with Gasteiger partial charge in [0, 0.05) is 18.6 Å². The molecule has 1 N–H and O–H groups in total. The van der Waals surface area contributed by atoms with Gasteiger partial charge in [0.15, 0.2) is 0 Å². The summed E-state index contributed by atoms with van der Waals surface area (Å²) in [6, 6.07) is 1.63. The van der Waals surface area contributed by atoms with Gasteiger partial charge in [0.05, 0.1) is 0 Å². The molecule has 2 heteroatoms. The Labute approximate surface area is 113 Å². The van der Waals surface area contributed by atoms with E-state index >= 15 is 0 Å². The molecule has 2 aliphatic carbocycles. The van der Waals surface area contributed by atoms with E-state index < -0.39 is 0 Å². The minimum atomic E-state index is 0.778. The molecule has 2 nitrogen and oxygen atoms in total. The van der Waals surface area contributed by atoms with E-state index in [4.69, 9.17) is 0 Å². The van der Waals surface area contributed by atoms with Crippen molar-refractivity contribution in [3.63, 3.8) is 0 Å². The molecule has 0 aromatic heterocycles. The van der Waals surface area contributed by atoms with Gasteiger partial charge in [0.1, 0.15) is 0 Å². The van der Waals surface area contributed by atoms with Crippen molar-refractivity contribution in [1.29, 1.82) is 0 Å². The average molecular weight is 250 g/mol. The molecule has 104 valence electrons. The van der Waals surface area contributed by atoms with E-state index in [0.29, 0.717) is 0 Å². The van der Waals surface area contributed by atoms with Crippen molar-refractivity contribution in [1.82, 2.24) is 10.2 Å². The molecule has 0 spiro atoms. The summed E-state index contributed by atoms with van der Waals surface area (Å²) in [6.45, 7) is 6.40. The number of nitrogens with zero attached hydrogens (tertiary/aromatic N) is 1. The molecule has 0 bridgehead atoms. The van der Waals surface area contributed by atoms with Gasteiger partial charge in [-0.05, 0) is 70.4 Å². The molecule has 2 saturated carbocycles. The number of piperidine rings is 1. The third-order valence-corrected chi connectivity index (χ3v) is 5.50. The summed E-state index contributed by atoms with van der Waals surface area (Å²) >= 11 is 0. The van der Waals surface area contributed by atoms with Gasteiger partial charge < -0.3 is 5.32 Å². The molecule has 0 aromatic rings. The zero-order valence-electron chi connectivity index (χ0n) is 12.0. The fraction of sp³-hybridized carbons (Fsp3) is 1.00. The highest BCUT2D eigenvalue weighted by Crippen LogP contribution is 2.36. The molecule has 0 radical (unpaired) electrons. The standard InChI is InChI=1S/C16H30N2/c1-13(15-8-9-15)18-10-4-7-16(12-18)17-11-14-5-2-3-6-14/h13-17H,2-12H2,1H3. The van der Waals surface area contributed by atoms with Crippen LogP contribution in [0.2, 0.25) is 0 Å². The third kappa shape index (κ3) is 3.27. The molecule has 1 heterocycles. The Kier molecular flexibility index (Phi) is 4.25. The fourth-order valence-corrected chi connectivity index (χ4v) is 3.97. The van der Waals surface area contributed by atoms with Crippen LogP contribution in [0.4, 0.5) is 0 Å². The first-order valence-electron chi connectivity index (χ1n) is 8.30. The van der Waals surface area contributed by atoms with Crippen LogP contribution in [0.15, 0.2) is 0 Å². The summed E-state index contributed by atoms with van der Waals surface area (Å²) in [5.41, 5.74) is 0. The van der Waals surface area contributed by atoms with Gasteiger partial charge >= 0.3 is 0 Å². The van der Waals surface area contributed by atoms with Crippen molar-refractivity contribution in [3.8, 4) is 0 Å². The molecular weight excluding hydrogens is 220 g/mol. The molecule has 2 unspecified atom stereocenters. The van der Waals surface area contributed by atoms with Crippen LogP contribution in [-0.2, 0) is 0 Å². The minimum Gasteiger partial charge on any atom is -0.312 e. The number of hydrogen-bond donors (Lipinski definition) is 1. The first-order chi connectivity index (χ1) is 8.83. The molecule has 2 atom stereocenters. The van der Waals surface area contributed by atoms with Crippen LogP contribution in [0.1, 0.15) is 58.3 Å². The monoisotopic (exact) mass is 250 g/mol. The third-order valence-electron chi connectivity index (χ3n) is 5.50. The van der Waals surface area contributed by atoms with Gasteiger partial charge in [0.2, 0.25) is 0 Å². The minimum absolute atomic E-state index is 0.778. The molecule has 3 rings (SSSR count). The summed E-state index contributed by atoms with van der Waals surface area (Å²) in [6.07, 6.45) is 11.7. The lowest BCUT2D eigenvalue weighted by Crippen LogP contribution is -2.50. The fourth-order valence-electron chi connectivity index (χ4n) is 3.97. The zero-order chi connectivity index (χ0) is 12.4. The highest BCUT2D eigenvalue weighted by atomic mass is 15.2. The maximum atomic E-state index is 3.87. The van der Waals surface area contributed by atoms with E-state index in [1.165, 1.54) is 71.0 Å². The Morgan fingerprint density at radius 3 is 2.56 bits per heavy atom. The van der Waals surface area contributed by atoms with Crippen LogP contribution < -0.4 is 5.32 Å². The second kappa shape index (κ2) is 5.92. The first kappa shape index (κ1) is 12.9. The van der Waals surface area contributed by atoms with Crippen LogP contribution in [-0.4, -0.2) is 36.6 Å². The molecule has 1 aliphatic heterocycles. The lowest BCUT2D eigenvalue weighted by atomic mass is 10.0. The normalized spacial score (nSPS) is 32.8.